The number of carbonyl (C=O) groups excluding carboxylic acids is 1. The summed E-state index contributed by atoms with van der Waals surface area (Å²) < 4.78 is 13.2. The van der Waals surface area contributed by atoms with Crippen molar-refractivity contribution in [2.75, 3.05) is 55.6 Å². The van der Waals surface area contributed by atoms with E-state index in [9.17, 15) is 9.18 Å². The highest BCUT2D eigenvalue weighted by molar-refractivity contribution is 5.93. The monoisotopic (exact) mass is 445 g/mol. The normalized spacial score (nSPS) is 18.9. The van der Waals surface area contributed by atoms with Crippen LogP contribution in [-0.4, -0.2) is 61.6 Å². The van der Waals surface area contributed by atoms with Crippen molar-refractivity contribution in [2.24, 2.45) is 0 Å². The lowest BCUT2D eigenvalue weighted by Gasteiger charge is -2.36. The smallest absolute Gasteiger partial charge is 0.272 e. The molecule has 1 aromatic heterocycles. The summed E-state index contributed by atoms with van der Waals surface area (Å²) >= 11 is 0. The topological polar surface area (TPSA) is 51.7 Å². The SMILES string of the molecule is O=C(c1cccc(N2CCNC(c3ccccc3)C2)n1)N1CCN(c2ccc(F)cc2)CC1. The second-order valence-electron chi connectivity index (χ2n) is 8.50. The molecule has 3 aromatic rings. The van der Waals surface area contributed by atoms with E-state index in [1.165, 1.54) is 17.7 Å². The fourth-order valence-electron chi connectivity index (χ4n) is 4.57. The number of amides is 1. The van der Waals surface area contributed by atoms with E-state index in [1.807, 2.05) is 23.1 Å². The number of carbonyl (C=O) groups is 1. The third-order valence-corrected chi connectivity index (χ3v) is 6.41. The number of nitrogens with zero attached hydrogens (tertiary/aromatic N) is 4. The Bertz CT molecular complexity index is 1080. The van der Waals surface area contributed by atoms with Gasteiger partial charge in [-0.3, -0.25) is 4.79 Å². The molecule has 0 aliphatic carbocycles. The highest BCUT2D eigenvalue weighted by atomic mass is 19.1. The average molecular weight is 446 g/mol. The molecule has 170 valence electrons. The van der Waals surface area contributed by atoms with Gasteiger partial charge >= 0.3 is 0 Å². The maximum Gasteiger partial charge on any atom is 0.272 e. The summed E-state index contributed by atoms with van der Waals surface area (Å²) in [4.78, 5) is 24.2. The number of aromatic nitrogens is 1. The summed E-state index contributed by atoms with van der Waals surface area (Å²) in [5, 5.41) is 3.57. The molecule has 1 amide bonds. The fourth-order valence-corrected chi connectivity index (χ4v) is 4.57. The maximum atomic E-state index is 13.2. The van der Waals surface area contributed by atoms with Gasteiger partial charge in [-0.1, -0.05) is 36.4 Å². The number of benzene rings is 2. The zero-order valence-corrected chi connectivity index (χ0v) is 18.5. The fraction of sp³-hybridized carbons (Fsp3) is 0.308. The van der Waals surface area contributed by atoms with Crippen molar-refractivity contribution >= 4 is 17.4 Å². The van der Waals surface area contributed by atoms with Crippen LogP contribution in [0.15, 0.2) is 72.8 Å². The summed E-state index contributed by atoms with van der Waals surface area (Å²) in [7, 11) is 0. The van der Waals surface area contributed by atoms with Crippen LogP contribution < -0.4 is 15.1 Å². The van der Waals surface area contributed by atoms with Crippen LogP contribution in [0.2, 0.25) is 0 Å². The van der Waals surface area contributed by atoms with Gasteiger partial charge in [0.1, 0.15) is 17.3 Å². The standard InChI is InChI=1S/C26H28FN5O/c27-21-9-11-22(12-10-21)30-15-17-31(18-16-30)26(33)23-7-4-8-25(29-23)32-14-13-28-24(19-32)20-5-2-1-3-6-20/h1-12,24,28H,13-19H2. The molecule has 2 aromatic carbocycles. The third-order valence-electron chi connectivity index (χ3n) is 6.41. The average Bonchev–Trinajstić information content (AvgIpc) is 2.89. The molecule has 33 heavy (non-hydrogen) atoms. The summed E-state index contributed by atoms with van der Waals surface area (Å²) in [6.07, 6.45) is 0. The largest absolute Gasteiger partial charge is 0.368 e. The Morgan fingerprint density at radius 2 is 1.61 bits per heavy atom. The van der Waals surface area contributed by atoms with Crippen molar-refractivity contribution in [2.45, 2.75) is 6.04 Å². The van der Waals surface area contributed by atoms with Gasteiger partial charge in [0.05, 0.1) is 0 Å². The lowest BCUT2D eigenvalue weighted by molar-refractivity contribution is 0.0741. The van der Waals surface area contributed by atoms with Gasteiger partial charge in [-0.2, -0.15) is 0 Å². The summed E-state index contributed by atoms with van der Waals surface area (Å²) in [5.74, 6) is 0.566. The van der Waals surface area contributed by atoms with E-state index in [-0.39, 0.29) is 17.8 Å². The first-order valence-electron chi connectivity index (χ1n) is 11.5. The summed E-state index contributed by atoms with van der Waals surface area (Å²) in [6.45, 7) is 5.19. The third kappa shape index (κ3) is 4.83. The minimum Gasteiger partial charge on any atom is -0.368 e. The Kier molecular flexibility index (Phi) is 6.21. The summed E-state index contributed by atoms with van der Waals surface area (Å²) in [6, 6.07) is 22.9. The van der Waals surface area contributed by atoms with Crippen LogP contribution in [0.25, 0.3) is 0 Å². The first-order chi connectivity index (χ1) is 16.2. The number of nitrogens with one attached hydrogen (secondary N) is 1. The van der Waals surface area contributed by atoms with Gasteiger partial charge in [0.15, 0.2) is 0 Å². The van der Waals surface area contributed by atoms with E-state index < -0.39 is 0 Å². The van der Waals surface area contributed by atoms with E-state index >= 15 is 0 Å². The summed E-state index contributed by atoms with van der Waals surface area (Å²) in [5.41, 5.74) is 2.72. The van der Waals surface area contributed by atoms with Gasteiger partial charge in [-0.05, 0) is 42.0 Å². The van der Waals surface area contributed by atoms with Crippen molar-refractivity contribution in [3.05, 3.63) is 89.9 Å². The molecule has 0 bridgehead atoms. The zero-order valence-electron chi connectivity index (χ0n) is 18.5. The van der Waals surface area contributed by atoms with Crippen LogP contribution in [0.5, 0.6) is 0 Å². The van der Waals surface area contributed by atoms with E-state index in [0.29, 0.717) is 31.9 Å². The van der Waals surface area contributed by atoms with Gasteiger partial charge < -0.3 is 20.0 Å². The molecule has 2 aliphatic rings. The quantitative estimate of drug-likeness (QED) is 0.668. The number of pyridine rings is 1. The minimum absolute atomic E-state index is 0.0367. The number of anilines is 2. The molecule has 5 rings (SSSR count). The van der Waals surface area contributed by atoms with Gasteiger partial charge in [0.2, 0.25) is 0 Å². The molecule has 2 fully saturated rings. The van der Waals surface area contributed by atoms with Gasteiger partial charge in [0, 0.05) is 57.5 Å². The number of hydrogen-bond donors (Lipinski definition) is 1. The number of halogens is 1. The number of piperazine rings is 2. The molecular formula is C26H28FN5O. The van der Waals surface area contributed by atoms with Crippen LogP contribution in [0.3, 0.4) is 0 Å². The van der Waals surface area contributed by atoms with Gasteiger partial charge in [0.25, 0.3) is 5.91 Å². The highest BCUT2D eigenvalue weighted by Gasteiger charge is 2.25. The van der Waals surface area contributed by atoms with E-state index in [4.69, 9.17) is 4.98 Å². The Morgan fingerprint density at radius 3 is 2.36 bits per heavy atom. The van der Waals surface area contributed by atoms with Crippen LogP contribution >= 0.6 is 0 Å². The first-order valence-corrected chi connectivity index (χ1v) is 11.5. The molecule has 2 saturated heterocycles. The molecule has 3 heterocycles. The van der Waals surface area contributed by atoms with Crippen molar-refractivity contribution < 1.29 is 9.18 Å². The molecular weight excluding hydrogens is 417 g/mol. The number of hydrogen-bond acceptors (Lipinski definition) is 5. The first kappa shape index (κ1) is 21.4. The van der Waals surface area contributed by atoms with E-state index in [1.54, 1.807) is 18.2 Å². The van der Waals surface area contributed by atoms with Crippen molar-refractivity contribution in [3.8, 4) is 0 Å². The molecule has 0 saturated carbocycles. The Morgan fingerprint density at radius 1 is 0.848 bits per heavy atom. The lowest BCUT2D eigenvalue weighted by atomic mass is 10.0. The minimum atomic E-state index is -0.238. The van der Waals surface area contributed by atoms with Crippen LogP contribution in [0.4, 0.5) is 15.9 Å². The van der Waals surface area contributed by atoms with Crippen LogP contribution in [0.1, 0.15) is 22.1 Å². The molecule has 0 spiro atoms. The second-order valence-corrected chi connectivity index (χ2v) is 8.50. The highest BCUT2D eigenvalue weighted by Crippen LogP contribution is 2.22. The molecule has 1 N–H and O–H groups in total. The predicted octanol–water partition coefficient (Wildman–Crippen LogP) is 3.33. The Labute approximate surface area is 193 Å². The molecule has 2 aliphatic heterocycles. The molecule has 6 nitrogen and oxygen atoms in total. The van der Waals surface area contributed by atoms with Crippen molar-refractivity contribution in [3.63, 3.8) is 0 Å². The maximum absolute atomic E-state index is 13.2. The molecule has 1 unspecified atom stereocenters. The molecule has 7 heteroatoms. The molecule has 1 atom stereocenters. The van der Waals surface area contributed by atoms with E-state index in [2.05, 4.69) is 39.4 Å². The van der Waals surface area contributed by atoms with Gasteiger partial charge in [-0.25, -0.2) is 9.37 Å². The predicted molar refractivity (Wildman–Crippen MR) is 128 cm³/mol. The van der Waals surface area contributed by atoms with Crippen molar-refractivity contribution in [1.29, 1.82) is 0 Å². The Balaban J connectivity index is 1.23. The lowest BCUT2D eigenvalue weighted by Crippen LogP contribution is -2.49. The van der Waals surface area contributed by atoms with Crippen LogP contribution in [-0.2, 0) is 0 Å². The van der Waals surface area contributed by atoms with Crippen molar-refractivity contribution in [1.82, 2.24) is 15.2 Å². The van der Waals surface area contributed by atoms with E-state index in [0.717, 1.165) is 31.1 Å². The van der Waals surface area contributed by atoms with Gasteiger partial charge in [-0.15, -0.1) is 0 Å². The van der Waals surface area contributed by atoms with Crippen LogP contribution in [0, 0.1) is 5.82 Å². The molecule has 0 radical (unpaired) electrons. The zero-order chi connectivity index (χ0) is 22.6. The number of rotatable bonds is 4. The Hall–Kier alpha value is -3.45. The second kappa shape index (κ2) is 9.58.